The molecule has 1 unspecified atom stereocenters. The molecule has 4 heteroatoms. The number of aliphatic carboxylic acids is 1. The van der Waals surface area contributed by atoms with Crippen LogP contribution in [0.25, 0.3) is 0 Å². The third kappa shape index (κ3) is 2.04. The van der Waals surface area contributed by atoms with Gasteiger partial charge in [0.2, 0.25) is 0 Å². The van der Waals surface area contributed by atoms with E-state index in [9.17, 15) is 9.90 Å². The van der Waals surface area contributed by atoms with Crippen molar-refractivity contribution in [1.29, 1.82) is 5.26 Å². The maximum Gasteiger partial charge on any atom is 0.311 e. The second kappa shape index (κ2) is 4.69. The van der Waals surface area contributed by atoms with Crippen molar-refractivity contribution in [3.8, 4) is 6.07 Å². The van der Waals surface area contributed by atoms with Gasteiger partial charge in [0.05, 0.1) is 17.0 Å². The van der Waals surface area contributed by atoms with Crippen LogP contribution in [0.4, 0.5) is 5.69 Å². The summed E-state index contributed by atoms with van der Waals surface area (Å²) in [6.45, 7) is 3.23. The molecule has 0 spiro atoms. The Bertz CT molecular complexity index is 490. The number of nitrogens with zero attached hydrogens (tertiary/aromatic N) is 2. The summed E-state index contributed by atoms with van der Waals surface area (Å²) >= 11 is 0. The Morgan fingerprint density at radius 1 is 1.50 bits per heavy atom. The lowest BCUT2D eigenvalue weighted by Crippen LogP contribution is -2.34. The van der Waals surface area contributed by atoms with E-state index in [1.165, 1.54) is 0 Å². The van der Waals surface area contributed by atoms with Crippen LogP contribution in [0.2, 0.25) is 0 Å². The monoisotopic (exact) mass is 244 g/mol. The third-order valence-corrected chi connectivity index (χ3v) is 3.85. The Labute approximate surface area is 106 Å². The number of nitriles is 1. The summed E-state index contributed by atoms with van der Waals surface area (Å²) in [6.07, 6.45) is 1.33. The molecule has 4 nitrogen and oxygen atoms in total. The van der Waals surface area contributed by atoms with Gasteiger partial charge in [-0.15, -0.1) is 0 Å². The van der Waals surface area contributed by atoms with E-state index in [0.29, 0.717) is 24.9 Å². The maximum absolute atomic E-state index is 11.4. The average Bonchev–Trinajstić information content (AvgIpc) is 2.84. The van der Waals surface area contributed by atoms with Crippen molar-refractivity contribution in [3.63, 3.8) is 0 Å². The van der Waals surface area contributed by atoms with Crippen LogP contribution in [0.3, 0.4) is 0 Å². The highest BCUT2D eigenvalue weighted by Gasteiger charge is 2.43. The zero-order chi connectivity index (χ0) is 13.2. The van der Waals surface area contributed by atoms with Gasteiger partial charge < -0.3 is 10.0 Å². The molecule has 1 aromatic rings. The van der Waals surface area contributed by atoms with E-state index in [1.54, 1.807) is 12.1 Å². The number of benzene rings is 1. The summed E-state index contributed by atoms with van der Waals surface area (Å²) < 4.78 is 0. The van der Waals surface area contributed by atoms with Gasteiger partial charge in [-0.2, -0.15) is 5.26 Å². The summed E-state index contributed by atoms with van der Waals surface area (Å²) in [5.74, 6) is -0.707. The number of hydrogen-bond acceptors (Lipinski definition) is 3. The van der Waals surface area contributed by atoms with Gasteiger partial charge in [0.15, 0.2) is 0 Å². The van der Waals surface area contributed by atoms with Crippen molar-refractivity contribution in [2.75, 3.05) is 18.0 Å². The molecule has 1 aliphatic heterocycles. The highest BCUT2D eigenvalue weighted by molar-refractivity contribution is 5.76. The molecular weight excluding hydrogens is 228 g/mol. The van der Waals surface area contributed by atoms with Gasteiger partial charge in [0, 0.05) is 18.8 Å². The van der Waals surface area contributed by atoms with E-state index in [2.05, 4.69) is 11.0 Å². The van der Waals surface area contributed by atoms with Gasteiger partial charge in [0.25, 0.3) is 0 Å². The lowest BCUT2D eigenvalue weighted by atomic mass is 9.84. The Hall–Kier alpha value is -2.02. The highest BCUT2D eigenvalue weighted by atomic mass is 16.4. The van der Waals surface area contributed by atoms with Crippen molar-refractivity contribution in [2.45, 2.75) is 19.8 Å². The maximum atomic E-state index is 11.4. The second-order valence-corrected chi connectivity index (χ2v) is 4.77. The van der Waals surface area contributed by atoms with E-state index >= 15 is 0 Å². The predicted octanol–water partition coefficient (Wildman–Crippen LogP) is 2.25. The molecule has 1 aromatic carbocycles. The number of carbonyl (C=O) groups is 1. The van der Waals surface area contributed by atoms with Crippen molar-refractivity contribution >= 4 is 11.7 Å². The molecule has 0 aliphatic carbocycles. The van der Waals surface area contributed by atoms with E-state index in [1.807, 2.05) is 19.1 Å². The zero-order valence-corrected chi connectivity index (χ0v) is 10.4. The molecule has 0 bridgehead atoms. The minimum absolute atomic E-state index is 0.546. The lowest BCUT2D eigenvalue weighted by molar-refractivity contribution is -0.147. The standard InChI is InChI=1S/C14H16N2O2/c1-2-14(13(17)18)7-8-16(10-14)12-5-3-11(9-15)4-6-12/h3-6H,2,7-8,10H2,1H3,(H,17,18). The minimum Gasteiger partial charge on any atom is -0.481 e. The third-order valence-electron chi connectivity index (χ3n) is 3.85. The summed E-state index contributed by atoms with van der Waals surface area (Å²) in [6, 6.07) is 9.37. The number of carboxylic acid groups (broad SMARTS) is 1. The molecule has 0 radical (unpaired) electrons. The largest absolute Gasteiger partial charge is 0.481 e. The molecule has 1 heterocycles. The molecule has 0 saturated carbocycles. The average molecular weight is 244 g/mol. The molecule has 1 saturated heterocycles. The number of carboxylic acids is 1. The van der Waals surface area contributed by atoms with Crippen LogP contribution in [0.5, 0.6) is 0 Å². The first-order chi connectivity index (χ1) is 8.61. The van der Waals surface area contributed by atoms with Gasteiger partial charge in [0.1, 0.15) is 0 Å². The van der Waals surface area contributed by atoms with Gasteiger partial charge >= 0.3 is 5.97 Å². The van der Waals surface area contributed by atoms with E-state index in [0.717, 1.165) is 12.2 Å². The summed E-state index contributed by atoms with van der Waals surface area (Å²) in [5.41, 5.74) is 0.997. The molecule has 1 atom stereocenters. The lowest BCUT2D eigenvalue weighted by Gasteiger charge is -2.24. The van der Waals surface area contributed by atoms with Crippen LogP contribution in [-0.2, 0) is 4.79 Å². The Balaban J connectivity index is 2.17. The van der Waals surface area contributed by atoms with Crippen LogP contribution in [-0.4, -0.2) is 24.2 Å². The molecule has 0 aromatic heterocycles. The Kier molecular flexibility index (Phi) is 3.24. The highest BCUT2D eigenvalue weighted by Crippen LogP contribution is 2.36. The van der Waals surface area contributed by atoms with E-state index in [4.69, 9.17) is 5.26 Å². The van der Waals surface area contributed by atoms with Gasteiger partial charge in [-0.25, -0.2) is 0 Å². The van der Waals surface area contributed by atoms with Crippen molar-refractivity contribution in [1.82, 2.24) is 0 Å². The molecule has 1 fully saturated rings. The molecule has 18 heavy (non-hydrogen) atoms. The number of anilines is 1. The first-order valence-electron chi connectivity index (χ1n) is 6.10. The van der Waals surface area contributed by atoms with Crippen LogP contribution in [0.1, 0.15) is 25.3 Å². The number of rotatable bonds is 3. The topological polar surface area (TPSA) is 64.3 Å². The smallest absolute Gasteiger partial charge is 0.311 e. The molecule has 2 rings (SSSR count). The second-order valence-electron chi connectivity index (χ2n) is 4.77. The Morgan fingerprint density at radius 3 is 2.61 bits per heavy atom. The van der Waals surface area contributed by atoms with E-state index < -0.39 is 11.4 Å². The zero-order valence-electron chi connectivity index (χ0n) is 10.4. The molecular formula is C14H16N2O2. The van der Waals surface area contributed by atoms with E-state index in [-0.39, 0.29) is 0 Å². The molecule has 1 N–H and O–H groups in total. The van der Waals surface area contributed by atoms with Crippen LogP contribution < -0.4 is 4.90 Å². The molecule has 0 amide bonds. The predicted molar refractivity (Wildman–Crippen MR) is 68.3 cm³/mol. The summed E-state index contributed by atoms with van der Waals surface area (Å²) in [5, 5.41) is 18.1. The fourth-order valence-electron chi connectivity index (χ4n) is 2.45. The fourth-order valence-corrected chi connectivity index (χ4v) is 2.45. The van der Waals surface area contributed by atoms with Gasteiger partial charge in [-0.3, -0.25) is 4.79 Å². The normalized spacial score (nSPS) is 22.8. The quantitative estimate of drug-likeness (QED) is 0.885. The van der Waals surface area contributed by atoms with Crippen molar-refractivity contribution in [3.05, 3.63) is 29.8 Å². The van der Waals surface area contributed by atoms with Crippen LogP contribution in [0, 0.1) is 16.7 Å². The van der Waals surface area contributed by atoms with Crippen molar-refractivity contribution < 1.29 is 9.90 Å². The fraction of sp³-hybridized carbons (Fsp3) is 0.429. The first kappa shape index (κ1) is 12.4. The minimum atomic E-state index is -0.707. The van der Waals surface area contributed by atoms with Gasteiger partial charge in [-0.05, 0) is 37.1 Å². The van der Waals surface area contributed by atoms with Gasteiger partial charge in [-0.1, -0.05) is 6.92 Å². The Morgan fingerprint density at radius 2 is 2.17 bits per heavy atom. The SMILES string of the molecule is CCC1(C(=O)O)CCN(c2ccc(C#N)cc2)C1. The summed E-state index contributed by atoms with van der Waals surface area (Å²) in [4.78, 5) is 13.4. The number of hydrogen-bond donors (Lipinski definition) is 1. The molecule has 94 valence electrons. The first-order valence-corrected chi connectivity index (χ1v) is 6.10. The van der Waals surface area contributed by atoms with Crippen LogP contribution in [0.15, 0.2) is 24.3 Å². The van der Waals surface area contributed by atoms with Crippen molar-refractivity contribution in [2.24, 2.45) is 5.41 Å². The molecule has 1 aliphatic rings. The van der Waals surface area contributed by atoms with Crippen LogP contribution >= 0.6 is 0 Å². The summed E-state index contributed by atoms with van der Waals surface area (Å²) in [7, 11) is 0.